The zero-order chi connectivity index (χ0) is 21.5. The Morgan fingerprint density at radius 3 is 2.48 bits per heavy atom. The number of methoxy groups -OCH3 is 1. The first kappa shape index (κ1) is 19.6. The molecule has 0 amide bonds. The van der Waals surface area contributed by atoms with Crippen LogP contribution >= 0.6 is 0 Å². The molecule has 1 atom stereocenters. The molecule has 0 fully saturated rings. The van der Waals surface area contributed by atoms with Crippen molar-refractivity contribution in [2.45, 2.75) is 26.5 Å². The Morgan fingerprint density at radius 2 is 1.74 bits per heavy atom. The molecule has 0 radical (unpaired) electrons. The van der Waals surface area contributed by atoms with Gasteiger partial charge in [-0.3, -0.25) is 4.79 Å². The van der Waals surface area contributed by atoms with E-state index in [1.54, 1.807) is 7.11 Å². The van der Waals surface area contributed by atoms with E-state index in [1.165, 1.54) is 0 Å². The number of nitrogens with zero attached hydrogens (tertiary/aromatic N) is 1. The minimum atomic E-state index is -0.178. The Kier molecular flexibility index (Phi) is 4.87. The Morgan fingerprint density at radius 1 is 0.968 bits per heavy atom. The van der Waals surface area contributed by atoms with E-state index in [4.69, 9.17) is 9.47 Å². The maximum Gasteiger partial charge on any atom is 0.259 e. The van der Waals surface area contributed by atoms with E-state index >= 15 is 0 Å². The fourth-order valence-electron chi connectivity index (χ4n) is 4.64. The summed E-state index contributed by atoms with van der Waals surface area (Å²) in [5, 5.41) is 1.72. The van der Waals surface area contributed by atoms with Crippen LogP contribution in [0.2, 0.25) is 0 Å². The van der Waals surface area contributed by atoms with E-state index in [0.717, 1.165) is 50.0 Å². The number of fused-ring (bicyclic) bond motifs is 5. The Labute approximate surface area is 181 Å². The molecule has 4 nitrogen and oxygen atoms in total. The van der Waals surface area contributed by atoms with Gasteiger partial charge < -0.3 is 14.0 Å². The van der Waals surface area contributed by atoms with Crippen molar-refractivity contribution >= 4 is 10.8 Å². The molecule has 0 N–H and O–H groups in total. The van der Waals surface area contributed by atoms with Crippen LogP contribution in [0.5, 0.6) is 5.75 Å². The molecule has 0 saturated carbocycles. The average molecular weight is 412 g/mol. The van der Waals surface area contributed by atoms with Crippen molar-refractivity contribution in [2.75, 3.05) is 13.7 Å². The van der Waals surface area contributed by atoms with Gasteiger partial charge in [-0.15, -0.1) is 0 Å². The van der Waals surface area contributed by atoms with Gasteiger partial charge in [-0.25, -0.2) is 0 Å². The highest BCUT2D eigenvalue weighted by atomic mass is 16.5. The summed E-state index contributed by atoms with van der Waals surface area (Å²) in [6, 6.07) is 22.2. The molecule has 1 aliphatic carbocycles. The van der Waals surface area contributed by atoms with E-state index in [-0.39, 0.29) is 11.7 Å². The molecule has 5 rings (SSSR count). The van der Waals surface area contributed by atoms with E-state index < -0.39 is 0 Å². The van der Waals surface area contributed by atoms with Gasteiger partial charge in [-0.05, 0) is 48.6 Å². The molecule has 1 aliphatic rings. The number of aryl methyl sites for hydroxylation is 1. The molecular formula is C27H25NO3. The van der Waals surface area contributed by atoms with Crippen molar-refractivity contribution in [3.8, 4) is 17.0 Å². The van der Waals surface area contributed by atoms with Gasteiger partial charge in [0.2, 0.25) is 0 Å². The molecule has 4 aromatic rings. The lowest BCUT2D eigenvalue weighted by molar-refractivity contribution is 0.0951. The van der Waals surface area contributed by atoms with E-state index in [0.29, 0.717) is 13.2 Å². The second-order valence-corrected chi connectivity index (χ2v) is 7.97. The lowest BCUT2D eigenvalue weighted by Gasteiger charge is -2.19. The lowest BCUT2D eigenvalue weighted by Crippen LogP contribution is -2.24. The number of benzene rings is 3. The number of aromatic nitrogens is 1. The van der Waals surface area contributed by atoms with Gasteiger partial charge in [0.1, 0.15) is 11.9 Å². The molecule has 1 heterocycles. The Bertz CT molecular complexity index is 1340. The number of rotatable bonds is 5. The summed E-state index contributed by atoms with van der Waals surface area (Å²) >= 11 is 0. The summed E-state index contributed by atoms with van der Waals surface area (Å²) < 4.78 is 13.4. The summed E-state index contributed by atoms with van der Waals surface area (Å²) in [7, 11) is 1.66. The van der Waals surface area contributed by atoms with Crippen molar-refractivity contribution in [3.05, 3.63) is 99.3 Å². The van der Waals surface area contributed by atoms with Crippen LogP contribution in [-0.4, -0.2) is 18.3 Å². The maximum atomic E-state index is 13.7. The van der Waals surface area contributed by atoms with Crippen LogP contribution in [0.15, 0.2) is 71.5 Å². The molecule has 3 aromatic carbocycles. The highest BCUT2D eigenvalue weighted by molar-refractivity contribution is 5.94. The normalized spacial score (nSPS) is 14.5. The van der Waals surface area contributed by atoms with E-state index in [2.05, 4.69) is 25.1 Å². The van der Waals surface area contributed by atoms with E-state index in [9.17, 15) is 4.79 Å². The first-order valence-corrected chi connectivity index (χ1v) is 10.6. The second-order valence-electron chi connectivity index (χ2n) is 7.97. The highest BCUT2D eigenvalue weighted by Gasteiger charge is 2.34. The van der Waals surface area contributed by atoms with Crippen LogP contribution in [0.25, 0.3) is 22.0 Å². The highest BCUT2D eigenvalue weighted by Crippen LogP contribution is 2.47. The molecule has 31 heavy (non-hydrogen) atoms. The second kappa shape index (κ2) is 7.71. The van der Waals surface area contributed by atoms with Crippen molar-refractivity contribution in [1.29, 1.82) is 0 Å². The van der Waals surface area contributed by atoms with Gasteiger partial charge in [-0.1, -0.05) is 54.1 Å². The van der Waals surface area contributed by atoms with Gasteiger partial charge in [0.25, 0.3) is 5.56 Å². The van der Waals surface area contributed by atoms with Crippen LogP contribution in [0.3, 0.4) is 0 Å². The molecule has 0 saturated heterocycles. The Balaban J connectivity index is 1.82. The molecule has 156 valence electrons. The SMILES string of the molecule is CCOC1c2ccccc2-c2c1c1cc(C)ccc1c(=O)n2Cc1ccc(OC)cc1. The number of pyridine rings is 1. The zero-order valence-corrected chi connectivity index (χ0v) is 18.0. The summed E-state index contributed by atoms with van der Waals surface area (Å²) in [5.74, 6) is 0.803. The van der Waals surface area contributed by atoms with Crippen LogP contribution in [0.4, 0.5) is 0 Å². The Hall–Kier alpha value is -3.37. The standard InChI is InChI=1S/C27H25NO3/c1-4-31-26-21-8-6-5-7-20(21)25-24(26)23-15-17(2)9-14-22(23)27(29)28(25)16-18-10-12-19(30-3)13-11-18/h5-15,26H,4,16H2,1-3H3. The van der Waals surface area contributed by atoms with Gasteiger partial charge >= 0.3 is 0 Å². The predicted octanol–water partition coefficient (Wildman–Crippen LogP) is 5.47. The van der Waals surface area contributed by atoms with Gasteiger partial charge in [0.05, 0.1) is 19.3 Å². The number of hydrogen-bond donors (Lipinski definition) is 0. The first-order chi connectivity index (χ1) is 15.1. The fraction of sp³-hybridized carbons (Fsp3) is 0.222. The first-order valence-electron chi connectivity index (χ1n) is 10.6. The zero-order valence-electron chi connectivity index (χ0n) is 18.0. The fourth-order valence-corrected chi connectivity index (χ4v) is 4.64. The average Bonchev–Trinajstić information content (AvgIpc) is 3.12. The molecule has 1 aromatic heterocycles. The molecular weight excluding hydrogens is 386 g/mol. The summed E-state index contributed by atoms with van der Waals surface area (Å²) in [6.07, 6.45) is -0.178. The molecule has 1 unspecified atom stereocenters. The third kappa shape index (κ3) is 3.15. The third-order valence-electron chi connectivity index (χ3n) is 6.06. The van der Waals surface area contributed by atoms with E-state index in [1.807, 2.05) is 60.0 Å². The smallest absolute Gasteiger partial charge is 0.259 e. The molecule has 0 spiro atoms. The summed E-state index contributed by atoms with van der Waals surface area (Å²) in [4.78, 5) is 13.7. The van der Waals surface area contributed by atoms with Gasteiger partial charge in [0.15, 0.2) is 0 Å². The van der Waals surface area contributed by atoms with Crippen molar-refractivity contribution in [1.82, 2.24) is 4.57 Å². The van der Waals surface area contributed by atoms with Crippen molar-refractivity contribution in [2.24, 2.45) is 0 Å². The lowest BCUT2D eigenvalue weighted by atomic mass is 9.99. The number of hydrogen-bond acceptors (Lipinski definition) is 3. The molecule has 0 bridgehead atoms. The summed E-state index contributed by atoms with van der Waals surface area (Å²) in [6.45, 7) is 5.17. The predicted molar refractivity (Wildman–Crippen MR) is 124 cm³/mol. The maximum absolute atomic E-state index is 13.7. The monoisotopic (exact) mass is 411 g/mol. The van der Waals surface area contributed by atoms with Gasteiger partial charge in [0, 0.05) is 23.1 Å². The topological polar surface area (TPSA) is 40.5 Å². The quantitative estimate of drug-likeness (QED) is 0.437. The van der Waals surface area contributed by atoms with Crippen LogP contribution in [0.1, 0.15) is 35.3 Å². The van der Waals surface area contributed by atoms with Crippen LogP contribution in [0, 0.1) is 6.92 Å². The van der Waals surface area contributed by atoms with Crippen LogP contribution in [-0.2, 0) is 11.3 Å². The largest absolute Gasteiger partial charge is 0.497 e. The van der Waals surface area contributed by atoms with Crippen molar-refractivity contribution < 1.29 is 9.47 Å². The molecule has 4 heteroatoms. The minimum Gasteiger partial charge on any atom is -0.497 e. The minimum absolute atomic E-state index is 0.0246. The number of ether oxygens (including phenoxy) is 2. The molecule has 0 aliphatic heterocycles. The third-order valence-corrected chi connectivity index (χ3v) is 6.06. The van der Waals surface area contributed by atoms with Crippen molar-refractivity contribution in [3.63, 3.8) is 0 Å². The van der Waals surface area contributed by atoms with Gasteiger partial charge in [-0.2, -0.15) is 0 Å². The van der Waals surface area contributed by atoms with Crippen LogP contribution < -0.4 is 10.3 Å². The summed E-state index contributed by atoms with van der Waals surface area (Å²) in [5.41, 5.74) is 6.46.